The van der Waals surface area contributed by atoms with Crippen LogP contribution in [0.25, 0.3) is 0 Å². The van der Waals surface area contributed by atoms with Gasteiger partial charge in [-0.2, -0.15) is 0 Å². The van der Waals surface area contributed by atoms with E-state index < -0.39 is 15.2 Å². The smallest absolute Gasteiger partial charge is 0.0652 e. The first kappa shape index (κ1) is 23.9. The van der Waals surface area contributed by atoms with Crippen molar-refractivity contribution in [2.24, 2.45) is 0 Å². The van der Waals surface area contributed by atoms with Crippen LogP contribution in [0.5, 0.6) is 0 Å². The first-order valence-corrected chi connectivity index (χ1v) is 16.1. The normalized spacial score (nSPS) is 11.6. The molecule has 0 aliphatic rings. The predicted octanol–water partition coefficient (Wildman–Crippen LogP) is 6.71. The molecule has 0 atom stereocenters. The zero-order valence-corrected chi connectivity index (χ0v) is 21.6. The molecular formula is C31H36P2+2. The maximum Gasteiger partial charge on any atom is 0.0991 e. The second-order valence-electron chi connectivity index (χ2n) is 8.75. The van der Waals surface area contributed by atoms with Crippen LogP contribution < -0.4 is 21.2 Å². The van der Waals surface area contributed by atoms with Gasteiger partial charge in [-0.1, -0.05) is 86.1 Å². The maximum absolute atomic E-state index is 2.40. The van der Waals surface area contributed by atoms with Gasteiger partial charge in [0.1, 0.15) is 0 Å². The molecule has 33 heavy (non-hydrogen) atoms. The molecule has 0 aliphatic heterocycles. The summed E-state index contributed by atoms with van der Waals surface area (Å²) in [6.07, 6.45) is 7.73. The Labute approximate surface area is 202 Å². The average molecular weight is 471 g/mol. The molecule has 4 aromatic carbocycles. The van der Waals surface area contributed by atoms with Crippen molar-refractivity contribution in [3.05, 3.63) is 121 Å². The molecule has 0 fully saturated rings. The molecule has 168 valence electrons. The highest BCUT2D eigenvalue weighted by Crippen LogP contribution is 2.58. The number of rotatable bonds is 11. The SMILES string of the molecule is CCCC[P+](CCC[PH+](c1ccccc1)c1ccccc1)(c1ccccc1)c1ccccc1. The van der Waals surface area contributed by atoms with Crippen molar-refractivity contribution in [1.29, 1.82) is 0 Å². The third kappa shape index (κ3) is 6.00. The third-order valence-corrected chi connectivity index (χ3v) is 14.3. The zero-order valence-electron chi connectivity index (χ0n) is 19.7. The monoisotopic (exact) mass is 470 g/mol. The number of benzene rings is 4. The molecule has 0 aliphatic carbocycles. The van der Waals surface area contributed by atoms with Crippen LogP contribution in [0.1, 0.15) is 26.2 Å². The second-order valence-corrected chi connectivity index (χ2v) is 15.2. The molecule has 0 amide bonds. The van der Waals surface area contributed by atoms with Crippen LogP contribution in [0.3, 0.4) is 0 Å². The van der Waals surface area contributed by atoms with E-state index in [1.54, 1.807) is 10.6 Å². The van der Waals surface area contributed by atoms with Gasteiger partial charge in [0, 0.05) is 6.42 Å². The highest BCUT2D eigenvalue weighted by Gasteiger charge is 2.42. The topological polar surface area (TPSA) is 0 Å². The number of hydrogen-bond donors (Lipinski definition) is 0. The van der Waals surface area contributed by atoms with Gasteiger partial charge >= 0.3 is 0 Å². The van der Waals surface area contributed by atoms with Gasteiger partial charge in [0.2, 0.25) is 0 Å². The van der Waals surface area contributed by atoms with Crippen molar-refractivity contribution in [3.63, 3.8) is 0 Å². The lowest BCUT2D eigenvalue weighted by Gasteiger charge is -2.28. The summed E-state index contributed by atoms with van der Waals surface area (Å²) in [4.78, 5) is 0. The van der Waals surface area contributed by atoms with Crippen LogP contribution in [0.4, 0.5) is 0 Å². The van der Waals surface area contributed by atoms with Crippen molar-refractivity contribution >= 4 is 36.4 Å². The Hall–Kier alpha value is -2.26. The van der Waals surface area contributed by atoms with Gasteiger partial charge in [-0.15, -0.1) is 0 Å². The van der Waals surface area contributed by atoms with Crippen molar-refractivity contribution in [2.45, 2.75) is 26.2 Å². The first-order chi connectivity index (χ1) is 16.3. The van der Waals surface area contributed by atoms with Gasteiger partial charge in [0.05, 0.1) is 54.9 Å². The van der Waals surface area contributed by atoms with Crippen LogP contribution in [0.15, 0.2) is 121 Å². The lowest BCUT2D eigenvalue weighted by Crippen LogP contribution is -2.28. The maximum atomic E-state index is 2.40. The molecule has 0 unspecified atom stereocenters. The quantitative estimate of drug-likeness (QED) is 0.214. The molecule has 4 aromatic rings. The standard InChI is InChI=1S/C31H35P2/c1-2-3-26-33(30-21-12-6-13-22-30,31-23-14-7-15-24-31)27-16-25-32(28-17-8-4-9-18-28)29-19-10-5-11-20-29/h4-15,17-24H,2-3,16,25-27H2,1H3/q+1/p+1. The average Bonchev–Trinajstić information content (AvgIpc) is 2.90. The highest BCUT2D eigenvalue weighted by molar-refractivity contribution is 7.89. The molecule has 0 spiro atoms. The second kappa shape index (κ2) is 12.3. The summed E-state index contributed by atoms with van der Waals surface area (Å²) in [5, 5.41) is 6.23. The van der Waals surface area contributed by atoms with Crippen LogP contribution in [0.2, 0.25) is 0 Å². The van der Waals surface area contributed by atoms with E-state index in [1.165, 1.54) is 48.4 Å². The van der Waals surface area contributed by atoms with Crippen LogP contribution >= 0.6 is 15.2 Å². The summed E-state index contributed by atoms with van der Waals surface area (Å²) in [5.41, 5.74) is 0. The van der Waals surface area contributed by atoms with E-state index in [0.29, 0.717) is 0 Å². The van der Waals surface area contributed by atoms with Gasteiger partial charge < -0.3 is 0 Å². The lowest BCUT2D eigenvalue weighted by molar-refractivity contribution is 0.887. The fourth-order valence-electron chi connectivity index (χ4n) is 4.89. The molecule has 0 aromatic heterocycles. The molecule has 2 heteroatoms. The Balaban J connectivity index is 1.65. The summed E-state index contributed by atoms with van der Waals surface area (Å²) in [7, 11) is -2.23. The van der Waals surface area contributed by atoms with Gasteiger partial charge in [-0.25, -0.2) is 0 Å². The third-order valence-electron chi connectivity index (χ3n) is 6.61. The van der Waals surface area contributed by atoms with Crippen molar-refractivity contribution in [2.75, 3.05) is 18.5 Å². The van der Waals surface area contributed by atoms with E-state index in [-0.39, 0.29) is 0 Å². The summed E-state index contributed by atoms with van der Waals surface area (Å²) >= 11 is 0. The van der Waals surface area contributed by atoms with Crippen molar-refractivity contribution in [1.82, 2.24) is 0 Å². The van der Waals surface area contributed by atoms with E-state index >= 15 is 0 Å². The number of hydrogen-bond acceptors (Lipinski definition) is 0. The van der Waals surface area contributed by atoms with Gasteiger partial charge in [0.15, 0.2) is 0 Å². The molecular weight excluding hydrogens is 434 g/mol. The summed E-state index contributed by atoms with van der Waals surface area (Å²) < 4.78 is 0. The van der Waals surface area contributed by atoms with Gasteiger partial charge in [0.25, 0.3) is 0 Å². The summed E-state index contributed by atoms with van der Waals surface area (Å²) in [6, 6.07) is 45.3. The Morgan fingerprint density at radius 2 is 0.909 bits per heavy atom. The van der Waals surface area contributed by atoms with Gasteiger partial charge in [-0.3, -0.25) is 0 Å². The van der Waals surface area contributed by atoms with E-state index in [0.717, 1.165) is 0 Å². The molecule has 0 nitrogen and oxygen atoms in total. The highest BCUT2D eigenvalue weighted by atomic mass is 31.2. The predicted molar refractivity (Wildman–Crippen MR) is 154 cm³/mol. The first-order valence-electron chi connectivity index (χ1n) is 12.3. The minimum Gasteiger partial charge on any atom is -0.0652 e. The van der Waals surface area contributed by atoms with Crippen LogP contribution in [0, 0.1) is 0 Å². The summed E-state index contributed by atoms with van der Waals surface area (Å²) in [5.74, 6) is 0. The molecule has 0 saturated carbocycles. The van der Waals surface area contributed by atoms with E-state index in [4.69, 9.17) is 0 Å². The molecule has 0 radical (unpaired) electrons. The molecule has 0 saturated heterocycles. The number of unbranched alkanes of at least 4 members (excludes halogenated alkanes) is 1. The molecule has 0 N–H and O–H groups in total. The Morgan fingerprint density at radius 3 is 1.33 bits per heavy atom. The van der Waals surface area contributed by atoms with E-state index in [9.17, 15) is 0 Å². The Bertz CT molecular complexity index is 984. The van der Waals surface area contributed by atoms with Crippen LogP contribution in [-0.4, -0.2) is 18.5 Å². The molecule has 0 bridgehead atoms. The zero-order chi connectivity index (χ0) is 22.8. The minimum atomic E-state index is -1.44. The van der Waals surface area contributed by atoms with Crippen molar-refractivity contribution in [3.8, 4) is 0 Å². The fraction of sp³-hybridized carbons (Fsp3) is 0.226. The van der Waals surface area contributed by atoms with Crippen LogP contribution in [-0.2, 0) is 0 Å². The Kier molecular flexibility index (Phi) is 8.88. The van der Waals surface area contributed by atoms with E-state index in [2.05, 4.69) is 128 Å². The minimum absolute atomic E-state index is 0.787. The van der Waals surface area contributed by atoms with E-state index in [1.807, 2.05) is 0 Å². The molecule has 0 heterocycles. The largest absolute Gasteiger partial charge is 0.0991 e. The van der Waals surface area contributed by atoms with Crippen molar-refractivity contribution < 1.29 is 0 Å². The van der Waals surface area contributed by atoms with Gasteiger partial charge in [-0.05, 0) is 55.0 Å². The fourth-order valence-corrected chi connectivity index (χ4v) is 12.4. The Morgan fingerprint density at radius 1 is 0.515 bits per heavy atom. The summed E-state index contributed by atoms with van der Waals surface area (Å²) in [6.45, 7) is 2.33. The molecule has 4 rings (SSSR count). The lowest BCUT2D eigenvalue weighted by atomic mass is 10.4.